The number of hydrogen-bond acceptors (Lipinski definition) is 6. The van der Waals surface area contributed by atoms with Crippen LogP contribution in [0.5, 0.6) is 0 Å². The second-order valence-corrected chi connectivity index (χ2v) is 13.4. The normalized spacial score (nSPS) is 26.5. The second-order valence-electron chi connectivity index (χ2n) is 11.7. The number of rotatable bonds is 7. The maximum atomic E-state index is 12.9. The lowest BCUT2D eigenvalue weighted by Crippen LogP contribution is -2.59. The van der Waals surface area contributed by atoms with Gasteiger partial charge in [-0.2, -0.15) is 0 Å². The van der Waals surface area contributed by atoms with E-state index in [9.17, 15) is 20.0 Å². The molecule has 34 heavy (non-hydrogen) atoms. The maximum Gasteiger partial charge on any atom is 0.213 e. The van der Waals surface area contributed by atoms with Gasteiger partial charge >= 0.3 is 0 Å². The lowest BCUT2D eigenvalue weighted by Gasteiger charge is -2.49. The summed E-state index contributed by atoms with van der Waals surface area (Å²) < 4.78 is 11.8. The Labute approximate surface area is 219 Å². The largest absolute Gasteiger partial charge is 0.497 e. The Morgan fingerprint density at radius 3 is 1.56 bits per heavy atom. The second kappa shape index (κ2) is 10.3. The van der Waals surface area contributed by atoms with Crippen molar-refractivity contribution in [1.29, 1.82) is 0 Å². The molecule has 2 saturated heterocycles. The number of nitrogens with zero attached hydrogens (tertiary/aromatic N) is 2. The summed E-state index contributed by atoms with van der Waals surface area (Å²) >= 11 is 6.44. The van der Waals surface area contributed by atoms with Crippen molar-refractivity contribution in [2.24, 2.45) is 0 Å². The predicted octanol–water partition coefficient (Wildman–Crippen LogP) is 5.36. The molecule has 10 heteroatoms. The number of ether oxygens (including phenoxy) is 2. The Balaban J connectivity index is 2.14. The zero-order valence-corrected chi connectivity index (χ0v) is 24.4. The topological polar surface area (TPSA) is 98.9 Å². The Bertz CT molecular complexity index is 830. The number of hydroxylamine groups is 4. The summed E-state index contributed by atoms with van der Waals surface area (Å²) in [4.78, 5) is 24.7. The third-order valence-electron chi connectivity index (χ3n) is 6.51. The summed E-state index contributed by atoms with van der Waals surface area (Å²) in [5, 5.41) is 27.3. The van der Waals surface area contributed by atoms with Crippen LogP contribution >= 0.6 is 31.9 Å². The van der Waals surface area contributed by atoms with Crippen LogP contribution in [-0.4, -0.2) is 56.6 Å². The number of Topliss-reactive ketones (excluding diaryl/α,β-unsaturated/α-hetero) is 1. The maximum absolute atomic E-state index is 12.9. The zero-order valence-electron chi connectivity index (χ0n) is 21.2. The molecule has 0 aromatic heterocycles. The van der Waals surface area contributed by atoms with Gasteiger partial charge in [-0.3, -0.25) is 9.59 Å². The highest BCUT2D eigenvalue weighted by atomic mass is 79.9. The highest BCUT2D eigenvalue weighted by Crippen LogP contribution is 2.40. The standard InChI is InChI=1S/C24H36Br2N2O6/c1-21(2)9-15(10-22(3,4)27(21)31)33-14-17(25)20(30)19(26)18(13-29)34-16-11-23(5,6)28(32)24(7,8)12-16/h13-16H,9-12H2,1-8H3/b17-14-,19-18-. The van der Waals surface area contributed by atoms with E-state index in [1.165, 1.54) is 6.26 Å². The number of carbonyl (C=O) groups is 2. The van der Waals surface area contributed by atoms with Crippen LogP contribution in [0.15, 0.2) is 21.0 Å². The molecule has 0 atom stereocenters. The molecule has 2 heterocycles. The quantitative estimate of drug-likeness (QED) is 0.219. The van der Waals surface area contributed by atoms with Crippen LogP contribution in [0.25, 0.3) is 0 Å². The summed E-state index contributed by atoms with van der Waals surface area (Å²) in [6.45, 7) is 14.8. The summed E-state index contributed by atoms with van der Waals surface area (Å²) in [6.07, 6.45) is 2.99. The van der Waals surface area contributed by atoms with Crippen molar-refractivity contribution in [3.63, 3.8) is 0 Å². The number of carbonyl (C=O) groups excluding carboxylic acids is 2. The van der Waals surface area contributed by atoms with Gasteiger partial charge in [0.1, 0.15) is 27.4 Å². The third kappa shape index (κ3) is 6.50. The first kappa shape index (κ1) is 29.5. The molecule has 2 rings (SSSR count). The minimum atomic E-state index is -0.674. The molecule has 2 radical (unpaired) electrons. The Hall–Kier alpha value is -0.780. The third-order valence-corrected chi connectivity index (χ3v) is 7.80. The van der Waals surface area contributed by atoms with E-state index in [1.54, 1.807) is 0 Å². The van der Waals surface area contributed by atoms with Crippen molar-refractivity contribution in [1.82, 2.24) is 10.1 Å². The van der Waals surface area contributed by atoms with Gasteiger partial charge in [0.15, 0.2) is 12.0 Å². The number of allylic oxidation sites excluding steroid dienone is 3. The molecule has 0 bridgehead atoms. The minimum Gasteiger partial charge on any atom is -0.497 e. The predicted molar refractivity (Wildman–Crippen MR) is 134 cm³/mol. The van der Waals surface area contributed by atoms with Crippen molar-refractivity contribution in [3.05, 3.63) is 21.0 Å². The molecule has 0 spiro atoms. The summed E-state index contributed by atoms with van der Waals surface area (Å²) in [5.41, 5.74) is -2.55. The molecular weight excluding hydrogens is 572 g/mol. The van der Waals surface area contributed by atoms with E-state index in [0.717, 1.165) is 10.1 Å². The van der Waals surface area contributed by atoms with Gasteiger partial charge in [0.2, 0.25) is 5.78 Å². The van der Waals surface area contributed by atoms with E-state index >= 15 is 0 Å². The lowest BCUT2D eigenvalue weighted by atomic mass is 9.80. The first-order valence-electron chi connectivity index (χ1n) is 11.4. The average molecular weight is 608 g/mol. The van der Waals surface area contributed by atoms with E-state index in [1.807, 2.05) is 55.4 Å². The molecule has 192 valence electrons. The van der Waals surface area contributed by atoms with Gasteiger partial charge in [0, 0.05) is 47.8 Å². The average Bonchev–Trinajstić information content (AvgIpc) is 2.70. The van der Waals surface area contributed by atoms with Crippen LogP contribution in [-0.2, 0) is 29.5 Å². The van der Waals surface area contributed by atoms with Crippen LogP contribution in [0.3, 0.4) is 0 Å². The molecule has 2 aliphatic rings. The zero-order chi connectivity index (χ0) is 26.3. The molecule has 0 saturated carbocycles. The number of aldehydes is 1. The molecular formula is C24H36Br2N2O6. The Morgan fingerprint density at radius 1 is 0.794 bits per heavy atom. The van der Waals surface area contributed by atoms with Gasteiger partial charge in [0.25, 0.3) is 0 Å². The van der Waals surface area contributed by atoms with Crippen molar-refractivity contribution < 1.29 is 29.5 Å². The van der Waals surface area contributed by atoms with Crippen molar-refractivity contribution >= 4 is 43.9 Å². The molecule has 0 unspecified atom stereocenters. The fourth-order valence-corrected chi connectivity index (χ4v) is 6.23. The molecule has 0 aromatic carbocycles. The van der Waals surface area contributed by atoms with Gasteiger partial charge in [-0.05, 0) is 87.2 Å². The van der Waals surface area contributed by atoms with E-state index in [4.69, 9.17) is 9.47 Å². The molecule has 0 N–H and O–H groups in total. The van der Waals surface area contributed by atoms with Crippen molar-refractivity contribution in [2.75, 3.05) is 0 Å². The van der Waals surface area contributed by atoms with Gasteiger partial charge in [0.05, 0.1) is 0 Å². The molecule has 0 aromatic rings. The van der Waals surface area contributed by atoms with Crippen LogP contribution in [0.4, 0.5) is 0 Å². The Morgan fingerprint density at radius 2 is 1.18 bits per heavy atom. The SMILES string of the molecule is CC1(C)CC(O/C=C(\Br)C(=O)/C(Br)=C(\C=O)OC2CC(C)(C)N([O])C(C)(C)C2)CC(C)(C)N1[O]. The van der Waals surface area contributed by atoms with Crippen LogP contribution in [0, 0.1) is 0 Å². The van der Waals surface area contributed by atoms with Gasteiger partial charge in [-0.15, -0.1) is 20.5 Å². The number of ketones is 1. The summed E-state index contributed by atoms with van der Waals surface area (Å²) in [6, 6.07) is 0. The van der Waals surface area contributed by atoms with E-state index < -0.39 is 34.0 Å². The molecule has 0 amide bonds. The van der Waals surface area contributed by atoms with Crippen LogP contribution in [0.1, 0.15) is 81.1 Å². The lowest BCUT2D eigenvalue weighted by molar-refractivity contribution is -0.299. The van der Waals surface area contributed by atoms with Gasteiger partial charge in [-0.1, -0.05) is 0 Å². The molecule has 2 fully saturated rings. The van der Waals surface area contributed by atoms with Crippen molar-refractivity contribution in [2.45, 2.75) is 115 Å². The summed E-state index contributed by atoms with van der Waals surface area (Å²) in [5.74, 6) is -0.644. The smallest absolute Gasteiger partial charge is 0.213 e. The highest BCUT2D eigenvalue weighted by molar-refractivity contribution is 9.13. The first-order chi connectivity index (χ1) is 15.3. The van der Waals surface area contributed by atoms with Crippen LogP contribution < -0.4 is 0 Å². The van der Waals surface area contributed by atoms with E-state index in [-0.39, 0.29) is 20.8 Å². The highest BCUT2D eigenvalue weighted by Gasteiger charge is 2.48. The summed E-state index contributed by atoms with van der Waals surface area (Å²) in [7, 11) is 0. The fraction of sp³-hybridized carbons (Fsp3) is 0.750. The van der Waals surface area contributed by atoms with Crippen LogP contribution in [0.2, 0.25) is 0 Å². The first-order valence-corrected chi connectivity index (χ1v) is 12.9. The van der Waals surface area contributed by atoms with Crippen molar-refractivity contribution in [3.8, 4) is 0 Å². The number of piperidine rings is 2. The minimum absolute atomic E-state index is 0.0376. The van der Waals surface area contributed by atoms with E-state index in [2.05, 4.69) is 31.9 Å². The number of hydrogen-bond donors (Lipinski definition) is 0. The van der Waals surface area contributed by atoms with Gasteiger partial charge < -0.3 is 9.47 Å². The monoisotopic (exact) mass is 606 g/mol. The van der Waals surface area contributed by atoms with E-state index in [0.29, 0.717) is 32.0 Å². The Kier molecular flexibility index (Phi) is 8.92. The molecule has 8 nitrogen and oxygen atoms in total. The van der Waals surface area contributed by atoms with Gasteiger partial charge in [-0.25, -0.2) is 0 Å². The molecule has 0 aliphatic carbocycles. The number of halogens is 2. The fourth-order valence-electron chi connectivity index (χ4n) is 5.26. The molecule has 2 aliphatic heterocycles.